The van der Waals surface area contributed by atoms with E-state index in [0.717, 1.165) is 27.7 Å². The summed E-state index contributed by atoms with van der Waals surface area (Å²) in [6, 6.07) is 16.0. The normalized spacial score (nSPS) is 11.0. The van der Waals surface area contributed by atoms with E-state index in [1.807, 2.05) is 53.4 Å². The number of halogens is 1. The Bertz CT molecular complexity index is 931. The summed E-state index contributed by atoms with van der Waals surface area (Å²) < 4.78 is 2.01. The van der Waals surface area contributed by atoms with Crippen molar-refractivity contribution in [3.05, 3.63) is 78.5 Å². The molecule has 0 aliphatic heterocycles. The number of aromatic nitrogens is 3. The van der Waals surface area contributed by atoms with Gasteiger partial charge in [0.2, 0.25) is 0 Å². The van der Waals surface area contributed by atoms with E-state index in [9.17, 15) is 0 Å². The Labute approximate surface area is 132 Å². The van der Waals surface area contributed by atoms with Crippen LogP contribution in [0.25, 0.3) is 27.7 Å². The second kappa shape index (κ2) is 5.28. The van der Waals surface area contributed by atoms with Crippen LogP contribution >= 0.6 is 11.6 Å². The highest BCUT2D eigenvalue weighted by Crippen LogP contribution is 2.32. The van der Waals surface area contributed by atoms with Gasteiger partial charge in [0, 0.05) is 34.6 Å². The molecule has 0 atom stereocenters. The van der Waals surface area contributed by atoms with Gasteiger partial charge in [0.25, 0.3) is 0 Å². The molecule has 0 N–H and O–H groups in total. The van der Waals surface area contributed by atoms with E-state index in [1.54, 1.807) is 12.5 Å². The highest BCUT2D eigenvalue weighted by Gasteiger charge is 2.12. The van der Waals surface area contributed by atoms with Crippen LogP contribution in [0.3, 0.4) is 0 Å². The van der Waals surface area contributed by atoms with Crippen molar-refractivity contribution in [2.75, 3.05) is 0 Å². The first-order valence-electron chi connectivity index (χ1n) is 6.95. The average molecular weight is 306 g/mol. The summed E-state index contributed by atoms with van der Waals surface area (Å²) in [4.78, 5) is 8.74. The summed E-state index contributed by atoms with van der Waals surface area (Å²) in [5, 5.41) is 1.73. The number of hydrogen-bond acceptors (Lipinski definition) is 2. The number of hydrogen-bond donors (Lipinski definition) is 0. The fourth-order valence-electron chi connectivity index (χ4n) is 2.65. The van der Waals surface area contributed by atoms with Crippen LogP contribution in [0.4, 0.5) is 0 Å². The molecule has 0 saturated carbocycles. The van der Waals surface area contributed by atoms with E-state index in [2.05, 4.69) is 22.1 Å². The quantitative estimate of drug-likeness (QED) is 0.535. The van der Waals surface area contributed by atoms with E-state index in [1.165, 1.54) is 0 Å². The number of imidazole rings is 1. The van der Waals surface area contributed by atoms with Gasteiger partial charge in [-0.2, -0.15) is 0 Å². The number of nitrogens with zero attached hydrogens (tertiary/aromatic N) is 3. The van der Waals surface area contributed by atoms with Gasteiger partial charge in [0.1, 0.15) is 0 Å². The predicted octanol–water partition coefficient (Wildman–Crippen LogP) is 4.74. The Balaban J connectivity index is 2.09. The lowest BCUT2D eigenvalue weighted by Gasteiger charge is -2.13. The third-order valence-corrected chi connectivity index (χ3v) is 3.89. The molecule has 0 bridgehead atoms. The summed E-state index contributed by atoms with van der Waals surface area (Å²) in [5.41, 5.74) is 4.12. The molecule has 0 unspecified atom stereocenters. The molecule has 0 amide bonds. The molecule has 4 aromatic rings. The third kappa shape index (κ3) is 2.16. The zero-order valence-corrected chi connectivity index (χ0v) is 12.4. The monoisotopic (exact) mass is 305 g/mol. The highest BCUT2D eigenvalue weighted by molar-refractivity contribution is 6.31. The van der Waals surface area contributed by atoms with E-state index in [0.29, 0.717) is 5.02 Å². The summed E-state index contributed by atoms with van der Waals surface area (Å²) in [6.45, 7) is 0. The van der Waals surface area contributed by atoms with Crippen molar-refractivity contribution in [1.82, 2.24) is 14.5 Å². The van der Waals surface area contributed by atoms with Crippen LogP contribution in [0, 0.1) is 0 Å². The van der Waals surface area contributed by atoms with Crippen LogP contribution < -0.4 is 0 Å². The molecule has 106 valence electrons. The van der Waals surface area contributed by atoms with E-state index in [4.69, 9.17) is 11.6 Å². The minimum absolute atomic E-state index is 0.684. The van der Waals surface area contributed by atoms with Crippen molar-refractivity contribution in [3.63, 3.8) is 0 Å². The first kappa shape index (κ1) is 13.0. The van der Waals surface area contributed by atoms with Crippen molar-refractivity contribution in [3.8, 4) is 16.8 Å². The topological polar surface area (TPSA) is 30.7 Å². The van der Waals surface area contributed by atoms with Crippen LogP contribution in [-0.2, 0) is 0 Å². The van der Waals surface area contributed by atoms with Gasteiger partial charge in [-0.3, -0.25) is 4.98 Å². The van der Waals surface area contributed by atoms with Crippen LogP contribution in [0.15, 0.2) is 73.4 Å². The molecule has 2 aromatic heterocycles. The van der Waals surface area contributed by atoms with Crippen molar-refractivity contribution < 1.29 is 0 Å². The average Bonchev–Trinajstić information content (AvgIpc) is 3.08. The second-order valence-electron chi connectivity index (χ2n) is 5.02. The summed E-state index contributed by atoms with van der Waals surface area (Å²) in [5.74, 6) is 0. The van der Waals surface area contributed by atoms with Gasteiger partial charge in [-0.25, -0.2) is 4.98 Å². The SMILES string of the molecule is Clc1ccc2c(-n3ccnc3)c(-c3ccccc3)cnc2c1. The second-order valence-corrected chi connectivity index (χ2v) is 5.45. The van der Waals surface area contributed by atoms with Crippen LogP contribution in [0.2, 0.25) is 5.02 Å². The molecular formula is C18H12ClN3. The van der Waals surface area contributed by atoms with Gasteiger partial charge in [-0.1, -0.05) is 41.9 Å². The van der Waals surface area contributed by atoms with Crippen LogP contribution in [-0.4, -0.2) is 14.5 Å². The first-order valence-corrected chi connectivity index (χ1v) is 7.33. The largest absolute Gasteiger partial charge is 0.305 e. The van der Waals surface area contributed by atoms with E-state index in [-0.39, 0.29) is 0 Å². The zero-order valence-electron chi connectivity index (χ0n) is 11.6. The molecule has 0 fully saturated rings. The molecule has 22 heavy (non-hydrogen) atoms. The summed E-state index contributed by atoms with van der Waals surface area (Å²) >= 11 is 6.09. The Morgan fingerprint density at radius 3 is 2.64 bits per heavy atom. The first-order chi connectivity index (χ1) is 10.8. The van der Waals surface area contributed by atoms with Crippen molar-refractivity contribution in [2.24, 2.45) is 0 Å². The minimum Gasteiger partial charge on any atom is -0.305 e. The van der Waals surface area contributed by atoms with Gasteiger partial charge < -0.3 is 4.57 Å². The van der Waals surface area contributed by atoms with E-state index >= 15 is 0 Å². The maximum atomic E-state index is 6.09. The standard InChI is InChI=1S/C18H12ClN3/c19-14-6-7-15-17(10-14)21-11-16(13-4-2-1-3-5-13)18(15)22-9-8-20-12-22/h1-12H. The number of rotatable bonds is 2. The van der Waals surface area contributed by atoms with Gasteiger partial charge >= 0.3 is 0 Å². The molecule has 2 aromatic carbocycles. The lowest BCUT2D eigenvalue weighted by molar-refractivity contribution is 1.07. The summed E-state index contributed by atoms with van der Waals surface area (Å²) in [6.07, 6.45) is 7.41. The molecule has 0 spiro atoms. The molecule has 3 nitrogen and oxygen atoms in total. The lowest BCUT2D eigenvalue weighted by Crippen LogP contribution is -1.97. The van der Waals surface area contributed by atoms with Gasteiger partial charge in [-0.15, -0.1) is 0 Å². The summed E-state index contributed by atoms with van der Waals surface area (Å²) in [7, 11) is 0. The Morgan fingerprint density at radius 1 is 1.00 bits per heavy atom. The predicted molar refractivity (Wildman–Crippen MR) is 89.3 cm³/mol. The Morgan fingerprint density at radius 2 is 1.86 bits per heavy atom. The number of pyridine rings is 1. The molecule has 4 rings (SSSR count). The zero-order chi connectivity index (χ0) is 14.9. The molecule has 0 saturated heterocycles. The van der Waals surface area contributed by atoms with Crippen molar-refractivity contribution >= 4 is 22.5 Å². The molecule has 0 aliphatic rings. The molecule has 0 radical (unpaired) electrons. The lowest BCUT2D eigenvalue weighted by atomic mass is 10.0. The Hall–Kier alpha value is -2.65. The fourth-order valence-corrected chi connectivity index (χ4v) is 2.82. The van der Waals surface area contributed by atoms with Crippen LogP contribution in [0.5, 0.6) is 0 Å². The Kier molecular flexibility index (Phi) is 3.13. The van der Waals surface area contributed by atoms with Gasteiger partial charge in [0.05, 0.1) is 17.5 Å². The van der Waals surface area contributed by atoms with E-state index < -0.39 is 0 Å². The number of benzene rings is 2. The molecular weight excluding hydrogens is 294 g/mol. The van der Waals surface area contributed by atoms with Gasteiger partial charge in [-0.05, 0) is 23.8 Å². The number of fused-ring (bicyclic) bond motifs is 1. The molecule has 4 heteroatoms. The van der Waals surface area contributed by atoms with Crippen LogP contribution in [0.1, 0.15) is 0 Å². The smallest absolute Gasteiger partial charge is 0.0992 e. The third-order valence-electron chi connectivity index (χ3n) is 3.65. The fraction of sp³-hybridized carbons (Fsp3) is 0. The maximum Gasteiger partial charge on any atom is 0.0992 e. The van der Waals surface area contributed by atoms with Gasteiger partial charge in [0.15, 0.2) is 0 Å². The molecule has 0 aliphatic carbocycles. The highest BCUT2D eigenvalue weighted by atomic mass is 35.5. The molecule has 2 heterocycles. The van der Waals surface area contributed by atoms with Crippen molar-refractivity contribution in [1.29, 1.82) is 0 Å². The van der Waals surface area contributed by atoms with Crippen molar-refractivity contribution in [2.45, 2.75) is 0 Å². The maximum absolute atomic E-state index is 6.09. The minimum atomic E-state index is 0.684.